The number of carboxylic acid groups (broad SMARTS) is 1. The molecule has 2 aliphatic rings. The SMILES string of the molecule is CC1CN(C(=O)N2CC(=O)NCC2C(=O)O)C(C)CO1. The summed E-state index contributed by atoms with van der Waals surface area (Å²) in [7, 11) is 0. The highest BCUT2D eigenvalue weighted by Gasteiger charge is 2.39. The van der Waals surface area contributed by atoms with E-state index in [0.29, 0.717) is 13.2 Å². The van der Waals surface area contributed by atoms with Crippen LogP contribution in [-0.4, -0.2) is 77.2 Å². The highest BCUT2D eigenvalue weighted by atomic mass is 16.5. The minimum absolute atomic E-state index is 0.0613. The molecule has 0 bridgehead atoms. The molecule has 0 spiro atoms. The van der Waals surface area contributed by atoms with E-state index in [1.54, 1.807) is 4.90 Å². The quantitative estimate of drug-likeness (QED) is 0.650. The Kier molecular flexibility index (Phi) is 4.12. The third-order valence-corrected chi connectivity index (χ3v) is 3.57. The summed E-state index contributed by atoms with van der Waals surface area (Å²) in [5.74, 6) is -1.46. The molecular weight excluding hydrogens is 266 g/mol. The molecule has 0 aliphatic carbocycles. The third kappa shape index (κ3) is 2.84. The predicted molar refractivity (Wildman–Crippen MR) is 68.1 cm³/mol. The molecule has 0 aromatic carbocycles. The molecule has 3 atom stereocenters. The lowest BCUT2D eigenvalue weighted by Gasteiger charge is -2.42. The first kappa shape index (κ1) is 14.6. The van der Waals surface area contributed by atoms with E-state index < -0.39 is 18.0 Å². The number of nitrogens with zero attached hydrogens (tertiary/aromatic N) is 2. The van der Waals surface area contributed by atoms with Crippen molar-refractivity contribution in [2.24, 2.45) is 0 Å². The van der Waals surface area contributed by atoms with Crippen molar-refractivity contribution in [3.05, 3.63) is 0 Å². The van der Waals surface area contributed by atoms with Crippen LogP contribution in [-0.2, 0) is 14.3 Å². The van der Waals surface area contributed by atoms with E-state index in [1.165, 1.54) is 0 Å². The van der Waals surface area contributed by atoms with Crippen LogP contribution in [0.2, 0.25) is 0 Å². The van der Waals surface area contributed by atoms with E-state index in [1.807, 2.05) is 13.8 Å². The molecule has 2 aliphatic heterocycles. The number of nitrogens with one attached hydrogen (secondary N) is 1. The number of carbonyl (C=O) groups is 3. The van der Waals surface area contributed by atoms with Gasteiger partial charge in [0, 0.05) is 13.1 Å². The minimum Gasteiger partial charge on any atom is -0.480 e. The van der Waals surface area contributed by atoms with Crippen molar-refractivity contribution in [2.75, 3.05) is 26.2 Å². The Balaban J connectivity index is 2.15. The number of aliphatic carboxylic acids is 1. The number of urea groups is 1. The fraction of sp³-hybridized carbons (Fsp3) is 0.750. The molecule has 0 saturated carbocycles. The molecule has 0 radical (unpaired) electrons. The Bertz CT molecular complexity index is 427. The number of piperazine rings is 1. The Morgan fingerprint density at radius 2 is 2.05 bits per heavy atom. The van der Waals surface area contributed by atoms with E-state index in [-0.39, 0.29) is 31.1 Å². The minimum atomic E-state index is -1.12. The first-order valence-electron chi connectivity index (χ1n) is 6.58. The highest BCUT2D eigenvalue weighted by Crippen LogP contribution is 2.16. The van der Waals surface area contributed by atoms with Gasteiger partial charge in [0.15, 0.2) is 0 Å². The lowest BCUT2D eigenvalue weighted by molar-refractivity contribution is -0.145. The third-order valence-electron chi connectivity index (χ3n) is 3.57. The Morgan fingerprint density at radius 1 is 1.35 bits per heavy atom. The van der Waals surface area contributed by atoms with Gasteiger partial charge in [0.05, 0.1) is 18.8 Å². The van der Waals surface area contributed by atoms with E-state index >= 15 is 0 Å². The van der Waals surface area contributed by atoms with Gasteiger partial charge in [-0.3, -0.25) is 9.69 Å². The summed E-state index contributed by atoms with van der Waals surface area (Å²) in [5.41, 5.74) is 0. The van der Waals surface area contributed by atoms with Crippen LogP contribution in [0.15, 0.2) is 0 Å². The van der Waals surface area contributed by atoms with Crippen LogP contribution in [0.3, 0.4) is 0 Å². The van der Waals surface area contributed by atoms with Crippen LogP contribution in [0.5, 0.6) is 0 Å². The fourth-order valence-corrected chi connectivity index (χ4v) is 2.40. The summed E-state index contributed by atoms with van der Waals surface area (Å²) in [6, 6.07) is -1.58. The first-order chi connectivity index (χ1) is 9.40. The van der Waals surface area contributed by atoms with E-state index in [4.69, 9.17) is 4.74 Å². The number of morpholine rings is 1. The van der Waals surface area contributed by atoms with Crippen LogP contribution in [0, 0.1) is 0 Å². The summed E-state index contributed by atoms with van der Waals surface area (Å²) < 4.78 is 5.45. The predicted octanol–water partition coefficient (Wildman–Crippen LogP) is -0.899. The summed E-state index contributed by atoms with van der Waals surface area (Å²) in [5, 5.41) is 11.6. The normalized spacial score (nSPS) is 30.9. The van der Waals surface area contributed by atoms with Gasteiger partial charge in [-0.1, -0.05) is 0 Å². The van der Waals surface area contributed by atoms with Gasteiger partial charge < -0.3 is 20.1 Å². The number of carboxylic acids is 1. The zero-order valence-corrected chi connectivity index (χ0v) is 11.5. The molecular formula is C12H19N3O5. The second kappa shape index (κ2) is 5.66. The molecule has 8 nitrogen and oxygen atoms in total. The molecule has 0 aromatic rings. The van der Waals surface area contributed by atoms with Gasteiger partial charge in [0.1, 0.15) is 12.6 Å². The van der Waals surface area contributed by atoms with Gasteiger partial charge in [-0.15, -0.1) is 0 Å². The monoisotopic (exact) mass is 285 g/mol. The van der Waals surface area contributed by atoms with Crippen molar-refractivity contribution in [3.63, 3.8) is 0 Å². The van der Waals surface area contributed by atoms with Crippen molar-refractivity contribution in [2.45, 2.75) is 32.0 Å². The molecule has 2 saturated heterocycles. The summed E-state index contributed by atoms with van der Waals surface area (Å²) in [6.07, 6.45) is -0.1000. The average molecular weight is 285 g/mol. The zero-order valence-electron chi connectivity index (χ0n) is 11.5. The molecule has 0 aromatic heterocycles. The van der Waals surface area contributed by atoms with E-state index in [2.05, 4.69) is 5.32 Å². The second-order valence-corrected chi connectivity index (χ2v) is 5.21. The van der Waals surface area contributed by atoms with Crippen molar-refractivity contribution in [1.82, 2.24) is 15.1 Å². The maximum atomic E-state index is 12.5. The van der Waals surface area contributed by atoms with Crippen LogP contribution >= 0.6 is 0 Å². The van der Waals surface area contributed by atoms with Crippen molar-refractivity contribution in [3.8, 4) is 0 Å². The van der Waals surface area contributed by atoms with Gasteiger partial charge in [-0.25, -0.2) is 9.59 Å². The van der Waals surface area contributed by atoms with Gasteiger partial charge in [0.25, 0.3) is 0 Å². The Labute approximate surface area is 116 Å². The number of ether oxygens (including phenoxy) is 1. The molecule has 2 fully saturated rings. The highest BCUT2D eigenvalue weighted by molar-refractivity contribution is 5.90. The topological polar surface area (TPSA) is 99.2 Å². The lowest BCUT2D eigenvalue weighted by atomic mass is 10.1. The maximum Gasteiger partial charge on any atom is 0.328 e. The lowest BCUT2D eigenvalue weighted by Crippen LogP contribution is -2.64. The standard InChI is InChI=1S/C12H19N3O5/c1-7-6-20-8(2)4-14(7)12(19)15-5-10(16)13-3-9(15)11(17)18/h7-9H,3-6H2,1-2H3,(H,13,16)(H,17,18). The van der Waals surface area contributed by atoms with Crippen LogP contribution in [0.25, 0.3) is 0 Å². The van der Waals surface area contributed by atoms with Crippen molar-refractivity contribution < 1.29 is 24.2 Å². The van der Waals surface area contributed by atoms with E-state index in [0.717, 1.165) is 4.90 Å². The molecule has 20 heavy (non-hydrogen) atoms. The second-order valence-electron chi connectivity index (χ2n) is 5.21. The Morgan fingerprint density at radius 3 is 2.70 bits per heavy atom. The van der Waals surface area contributed by atoms with Gasteiger partial charge in [0.2, 0.25) is 5.91 Å². The average Bonchev–Trinajstić information content (AvgIpc) is 2.40. The first-order valence-corrected chi connectivity index (χ1v) is 6.58. The molecule has 8 heteroatoms. The summed E-state index contributed by atoms with van der Waals surface area (Å²) in [4.78, 5) is 37.9. The van der Waals surface area contributed by atoms with Crippen molar-refractivity contribution in [1.29, 1.82) is 0 Å². The van der Waals surface area contributed by atoms with E-state index in [9.17, 15) is 19.5 Å². The maximum absolute atomic E-state index is 12.5. The number of carbonyl (C=O) groups excluding carboxylic acids is 2. The fourth-order valence-electron chi connectivity index (χ4n) is 2.40. The van der Waals surface area contributed by atoms with Gasteiger partial charge in [-0.05, 0) is 13.8 Å². The molecule has 2 N–H and O–H groups in total. The van der Waals surface area contributed by atoms with Gasteiger partial charge >= 0.3 is 12.0 Å². The summed E-state index contributed by atoms with van der Waals surface area (Å²) in [6.45, 7) is 4.20. The Hall–Kier alpha value is -1.83. The molecule has 3 unspecified atom stereocenters. The number of rotatable bonds is 1. The largest absolute Gasteiger partial charge is 0.480 e. The van der Waals surface area contributed by atoms with Crippen LogP contribution in [0.4, 0.5) is 4.79 Å². The van der Waals surface area contributed by atoms with Crippen LogP contribution in [0.1, 0.15) is 13.8 Å². The number of amides is 3. The van der Waals surface area contributed by atoms with Crippen molar-refractivity contribution >= 4 is 17.9 Å². The van der Waals surface area contributed by atoms with Gasteiger partial charge in [-0.2, -0.15) is 0 Å². The van der Waals surface area contributed by atoms with Crippen LogP contribution < -0.4 is 5.32 Å². The molecule has 2 rings (SSSR count). The molecule has 3 amide bonds. The number of hydrogen-bond donors (Lipinski definition) is 2. The molecule has 2 heterocycles. The zero-order chi connectivity index (χ0) is 14.9. The smallest absolute Gasteiger partial charge is 0.328 e. The number of hydrogen-bond acceptors (Lipinski definition) is 4. The molecule has 112 valence electrons. The summed E-state index contributed by atoms with van der Waals surface area (Å²) >= 11 is 0.